The maximum absolute atomic E-state index is 11.0. The molecule has 34 heavy (non-hydrogen) atoms. The summed E-state index contributed by atoms with van der Waals surface area (Å²) < 4.78 is 0. The van der Waals surface area contributed by atoms with Crippen LogP contribution in [0.15, 0.2) is 79.9 Å². The third-order valence-corrected chi connectivity index (χ3v) is 4.73. The lowest BCUT2D eigenvalue weighted by Gasteiger charge is -2.18. The Kier molecular flexibility index (Phi) is 7.74. The minimum atomic E-state index is -0.551. The number of carbonyl (C=O) groups excluding carboxylic acids is 2. The lowest BCUT2D eigenvalue weighted by Crippen LogP contribution is -2.15. The van der Waals surface area contributed by atoms with Gasteiger partial charge in [-0.05, 0) is 36.4 Å². The highest BCUT2D eigenvalue weighted by atomic mass is 16.1. The van der Waals surface area contributed by atoms with Crippen molar-refractivity contribution in [3.8, 4) is 0 Å². The number of amides is 2. The van der Waals surface area contributed by atoms with Crippen molar-refractivity contribution in [2.24, 2.45) is 11.5 Å². The molecular formula is C23H27N9O2. The number of carbonyl (C=O) groups is 2. The van der Waals surface area contributed by atoms with Crippen molar-refractivity contribution in [3.05, 3.63) is 91.3 Å². The summed E-state index contributed by atoms with van der Waals surface area (Å²) in [6.07, 6.45) is 11.4. The normalized spacial score (nSPS) is 9.94. The van der Waals surface area contributed by atoms with Gasteiger partial charge in [0.05, 0.1) is 30.0 Å². The Hall–Kier alpha value is -4.93. The van der Waals surface area contributed by atoms with Gasteiger partial charge in [-0.3, -0.25) is 24.5 Å². The zero-order valence-electron chi connectivity index (χ0n) is 18.6. The summed E-state index contributed by atoms with van der Waals surface area (Å²) in [5.74, 6) is -1.09. The Morgan fingerprint density at radius 2 is 1.21 bits per heavy atom. The van der Waals surface area contributed by atoms with Crippen LogP contribution in [0.3, 0.4) is 0 Å². The summed E-state index contributed by atoms with van der Waals surface area (Å²) >= 11 is 0. The van der Waals surface area contributed by atoms with Crippen molar-refractivity contribution in [3.63, 3.8) is 0 Å². The third-order valence-electron chi connectivity index (χ3n) is 4.73. The van der Waals surface area contributed by atoms with Crippen LogP contribution >= 0.6 is 0 Å². The van der Waals surface area contributed by atoms with Crippen LogP contribution in [0.5, 0.6) is 0 Å². The molecule has 4 aromatic rings. The van der Waals surface area contributed by atoms with E-state index in [1.54, 1.807) is 55.2 Å². The van der Waals surface area contributed by atoms with Crippen LogP contribution in [0.4, 0.5) is 22.7 Å². The molecule has 4 N–H and O–H groups in total. The molecule has 0 aliphatic carbocycles. The number of primary amides is 2. The fourth-order valence-electron chi connectivity index (χ4n) is 2.84. The van der Waals surface area contributed by atoms with Gasteiger partial charge in [0.2, 0.25) is 0 Å². The first-order valence-electron chi connectivity index (χ1n) is 10.0. The molecule has 0 fully saturated rings. The van der Waals surface area contributed by atoms with E-state index in [-0.39, 0.29) is 14.2 Å². The smallest absolute Gasteiger partial charge is 0.267 e. The number of nitrogens with two attached hydrogens (primary N) is 2. The summed E-state index contributed by atoms with van der Waals surface area (Å²) in [5.41, 5.74) is 14.2. The number of aromatic nitrogens is 5. The molecule has 0 saturated heterocycles. The summed E-state index contributed by atoms with van der Waals surface area (Å²) in [7, 11) is 3.73. The van der Waals surface area contributed by atoms with Crippen LogP contribution in [0, 0.1) is 0 Å². The number of hydrogen-bond donors (Lipinski definition) is 2. The molecule has 0 aliphatic heterocycles. The average molecular weight is 462 g/mol. The van der Waals surface area contributed by atoms with Gasteiger partial charge in [-0.2, -0.15) is 0 Å². The molecule has 176 valence electrons. The summed E-state index contributed by atoms with van der Waals surface area (Å²) in [6.45, 7) is 0. The van der Waals surface area contributed by atoms with E-state index >= 15 is 0 Å². The minimum Gasteiger partial charge on any atom is -0.364 e. The Balaban J connectivity index is 0.000000341. The van der Waals surface area contributed by atoms with Gasteiger partial charge >= 0.3 is 0 Å². The number of nitrogens with zero attached hydrogens (tertiary/aromatic N) is 7. The molecule has 4 heterocycles. The molecule has 0 aromatic carbocycles. The van der Waals surface area contributed by atoms with Gasteiger partial charge in [0.15, 0.2) is 0 Å². The monoisotopic (exact) mass is 461 g/mol. The average Bonchev–Trinajstić information content (AvgIpc) is 2.89. The first-order chi connectivity index (χ1) is 16.4. The van der Waals surface area contributed by atoms with Crippen molar-refractivity contribution in [2.75, 3.05) is 23.9 Å². The Labute approximate surface area is 199 Å². The predicted molar refractivity (Wildman–Crippen MR) is 132 cm³/mol. The van der Waals surface area contributed by atoms with Gasteiger partial charge in [-0.15, -0.1) is 0 Å². The lowest BCUT2D eigenvalue weighted by molar-refractivity contribution is 0.0987. The number of anilines is 4. The Bertz CT molecular complexity index is 1170. The maximum atomic E-state index is 11.0. The van der Waals surface area contributed by atoms with Crippen molar-refractivity contribution < 1.29 is 12.4 Å². The van der Waals surface area contributed by atoms with Gasteiger partial charge < -0.3 is 21.3 Å². The molecule has 4 aromatic heterocycles. The van der Waals surface area contributed by atoms with Crippen LogP contribution in [0.1, 0.15) is 23.8 Å². The first-order valence-corrected chi connectivity index (χ1v) is 10.0. The molecule has 0 unspecified atom stereocenters. The Morgan fingerprint density at radius 3 is 1.68 bits per heavy atom. The molecule has 0 bridgehead atoms. The zero-order valence-corrected chi connectivity index (χ0v) is 18.6. The van der Waals surface area contributed by atoms with E-state index in [4.69, 9.17) is 11.5 Å². The standard InChI is InChI=1S/C12H12N4O.C11H11N5O.2H2/c1-16(10-3-2-5-14-8-10)9-4-6-15-11(7-9)12(13)17;1-16(9-5-13-7-14-6-9)8-2-3-15-10(4-8)11(12)17;;/h2-8H,1H3,(H2,13,17);2-7H,1H3,(H2,12,17);2*1H. The van der Waals surface area contributed by atoms with Crippen LogP contribution in [-0.4, -0.2) is 50.8 Å². The molecular weight excluding hydrogens is 434 g/mol. The molecule has 0 saturated carbocycles. The van der Waals surface area contributed by atoms with E-state index in [1.165, 1.54) is 12.5 Å². The highest BCUT2D eigenvalue weighted by molar-refractivity contribution is 5.92. The van der Waals surface area contributed by atoms with E-state index in [0.29, 0.717) is 0 Å². The molecule has 0 radical (unpaired) electrons. The molecule has 11 heteroatoms. The number of pyridine rings is 3. The first kappa shape index (κ1) is 23.7. The largest absolute Gasteiger partial charge is 0.364 e. The van der Waals surface area contributed by atoms with Crippen LogP contribution in [-0.2, 0) is 0 Å². The second-order valence-electron chi connectivity index (χ2n) is 6.95. The molecule has 4 rings (SSSR count). The van der Waals surface area contributed by atoms with E-state index in [0.717, 1.165) is 22.7 Å². The van der Waals surface area contributed by atoms with Crippen LogP contribution < -0.4 is 21.3 Å². The van der Waals surface area contributed by atoms with E-state index in [1.807, 2.05) is 36.0 Å². The van der Waals surface area contributed by atoms with Gasteiger partial charge in [0.25, 0.3) is 11.8 Å². The van der Waals surface area contributed by atoms with Crippen molar-refractivity contribution >= 4 is 34.6 Å². The SMILES string of the molecule is CN(c1cccnc1)c1ccnc(C(N)=O)c1.CN(c1cncnc1)c1ccnc(C(N)=O)c1.[HH].[HH]. The predicted octanol–water partition coefficient (Wildman–Crippen LogP) is 2.57. The fourth-order valence-corrected chi connectivity index (χ4v) is 2.84. The quantitative estimate of drug-likeness (QED) is 0.440. The van der Waals surface area contributed by atoms with E-state index in [2.05, 4.69) is 24.9 Å². The summed E-state index contributed by atoms with van der Waals surface area (Å²) in [4.78, 5) is 45.5. The third kappa shape index (κ3) is 6.07. The zero-order chi connectivity index (χ0) is 24.5. The van der Waals surface area contributed by atoms with Gasteiger partial charge in [0.1, 0.15) is 17.7 Å². The second-order valence-corrected chi connectivity index (χ2v) is 6.95. The van der Waals surface area contributed by atoms with Crippen molar-refractivity contribution in [1.29, 1.82) is 0 Å². The molecule has 11 nitrogen and oxygen atoms in total. The Morgan fingerprint density at radius 1 is 0.706 bits per heavy atom. The van der Waals surface area contributed by atoms with Gasteiger partial charge in [-0.25, -0.2) is 9.97 Å². The maximum Gasteiger partial charge on any atom is 0.267 e. The summed E-state index contributed by atoms with van der Waals surface area (Å²) in [5, 5.41) is 0. The fraction of sp³-hybridized carbons (Fsp3) is 0.0870. The minimum absolute atomic E-state index is 0. The van der Waals surface area contributed by atoms with Gasteiger partial charge in [0, 0.05) is 46.9 Å². The highest BCUT2D eigenvalue weighted by Crippen LogP contribution is 2.22. The molecule has 0 spiro atoms. The number of rotatable bonds is 6. The summed E-state index contributed by atoms with van der Waals surface area (Å²) in [6, 6.07) is 10.6. The van der Waals surface area contributed by atoms with Crippen LogP contribution in [0.25, 0.3) is 0 Å². The second kappa shape index (κ2) is 11.1. The van der Waals surface area contributed by atoms with E-state index in [9.17, 15) is 9.59 Å². The van der Waals surface area contributed by atoms with Crippen LogP contribution in [0.2, 0.25) is 0 Å². The highest BCUT2D eigenvalue weighted by Gasteiger charge is 2.09. The topological polar surface area (TPSA) is 157 Å². The van der Waals surface area contributed by atoms with Crippen molar-refractivity contribution in [1.82, 2.24) is 24.9 Å². The molecule has 0 aliphatic rings. The molecule has 0 atom stereocenters. The van der Waals surface area contributed by atoms with E-state index < -0.39 is 11.8 Å². The molecule has 2 amide bonds. The van der Waals surface area contributed by atoms with Crippen molar-refractivity contribution in [2.45, 2.75) is 0 Å². The lowest BCUT2D eigenvalue weighted by atomic mass is 10.2. The van der Waals surface area contributed by atoms with Gasteiger partial charge in [-0.1, -0.05) is 0 Å². The number of hydrogen-bond acceptors (Lipinski definition) is 9.